The highest BCUT2D eigenvalue weighted by Gasteiger charge is 2.10. The van der Waals surface area contributed by atoms with Gasteiger partial charge < -0.3 is 10.1 Å². The number of rotatable bonds is 0. The van der Waals surface area contributed by atoms with Crippen molar-refractivity contribution in [1.29, 1.82) is 0 Å². The Bertz CT molecular complexity index is 758. The predicted molar refractivity (Wildman–Crippen MR) is 64.1 cm³/mol. The monoisotopic (exact) mass is 232 g/mol. The molecule has 0 saturated carbocycles. The maximum absolute atomic E-state index is 11.3. The van der Waals surface area contributed by atoms with Crippen molar-refractivity contribution >= 4 is 31.8 Å². The normalized spacial score (nSPS) is 11.3. The Morgan fingerprint density at radius 2 is 2.25 bits per heavy atom. The van der Waals surface area contributed by atoms with E-state index in [4.69, 9.17) is 0 Å². The lowest BCUT2D eigenvalue weighted by Crippen LogP contribution is -2.01. The summed E-state index contributed by atoms with van der Waals surface area (Å²) < 4.78 is 0.674. The van der Waals surface area contributed by atoms with Gasteiger partial charge in [-0.25, -0.2) is 4.98 Å². The number of hydrogen-bond acceptors (Lipinski definition) is 4. The third kappa shape index (κ3) is 1.22. The van der Waals surface area contributed by atoms with Crippen LogP contribution < -0.4 is 5.56 Å². The Hall–Kier alpha value is -1.88. The molecule has 0 saturated heterocycles. The fraction of sp³-hybridized carbons (Fsp3) is 0.0909. The summed E-state index contributed by atoms with van der Waals surface area (Å²) in [5.74, 6) is 0.0133. The highest BCUT2D eigenvalue weighted by molar-refractivity contribution is 7.25. The van der Waals surface area contributed by atoms with Crippen molar-refractivity contribution in [2.75, 3.05) is 0 Å². The maximum atomic E-state index is 11.3. The van der Waals surface area contributed by atoms with Crippen LogP contribution >= 0.6 is 11.3 Å². The fourth-order valence-corrected chi connectivity index (χ4v) is 2.81. The summed E-state index contributed by atoms with van der Waals surface area (Å²) in [6.45, 7) is 1.91. The Morgan fingerprint density at radius 1 is 1.44 bits per heavy atom. The number of aromatic amines is 1. The number of nitrogens with zero attached hydrogens (tertiary/aromatic N) is 1. The number of H-pyrrole nitrogens is 1. The second kappa shape index (κ2) is 3.05. The summed E-state index contributed by atoms with van der Waals surface area (Å²) in [6, 6.07) is 4.98. The van der Waals surface area contributed by atoms with Crippen molar-refractivity contribution in [2.45, 2.75) is 6.92 Å². The van der Waals surface area contributed by atoms with Crippen molar-refractivity contribution in [1.82, 2.24) is 9.97 Å². The lowest BCUT2D eigenvalue weighted by molar-refractivity contribution is 0.481. The first-order valence-corrected chi connectivity index (χ1v) is 5.59. The Labute approximate surface area is 94.2 Å². The van der Waals surface area contributed by atoms with Gasteiger partial charge in [0.05, 0.1) is 10.2 Å². The van der Waals surface area contributed by atoms with Gasteiger partial charge in [0, 0.05) is 17.1 Å². The van der Waals surface area contributed by atoms with Gasteiger partial charge >= 0.3 is 0 Å². The van der Waals surface area contributed by atoms with Gasteiger partial charge in [0.15, 0.2) is 0 Å². The van der Waals surface area contributed by atoms with E-state index in [1.54, 1.807) is 0 Å². The minimum Gasteiger partial charge on any atom is -0.506 e. The number of hydrogen-bond donors (Lipinski definition) is 2. The molecule has 3 heterocycles. The molecular formula is C11H8N2O2S. The van der Waals surface area contributed by atoms with E-state index in [-0.39, 0.29) is 11.3 Å². The number of fused-ring (bicyclic) bond motifs is 3. The van der Waals surface area contributed by atoms with E-state index in [9.17, 15) is 9.90 Å². The van der Waals surface area contributed by atoms with Crippen LogP contribution in [0.2, 0.25) is 0 Å². The van der Waals surface area contributed by atoms with Crippen LogP contribution in [0, 0.1) is 6.92 Å². The van der Waals surface area contributed by atoms with Gasteiger partial charge in [-0.05, 0) is 19.1 Å². The van der Waals surface area contributed by atoms with Crippen molar-refractivity contribution in [2.24, 2.45) is 0 Å². The molecule has 3 rings (SSSR count). The third-order valence-electron chi connectivity index (χ3n) is 2.44. The molecule has 3 aromatic heterocycles. The SMILES string of the molecule is Cc1ccc2c(n1)sc1c(O)cc(=O)[nH]c12. The molecule has 0 aliphatic heterocycles. The van der Waals surface area contributed by atoms with E-state index in [2.05, 4.69) is 9.97 Å². The molecule has 4 nitrogen and oxygen atoms in total. The average Bonchev–Trinajstić information content (AvgIpc) is 2.56. The van der Waals surface area contributed by atoms with Crippen molar-refractivity contribution in [3.05, 3.63) is 34.2 Å². The molecule has 0 amide bonds. The van der Waals surface area contributed by atoms with Gasteiger partial charge in [-0.1, -0.05) is 0 Å². The van der Waals surface area contributed by atoms with Gasteiger partial charge in [0.2, 0.25) is 0 Å². The molecule has 16 heavy (non-hydrogen) atoms. The topological polar surface area (TPSA) is 66.0 Å². The first-order chi connectivity index (χ1) is 7.65. The fourth-order valence-electron chi connectivity index (χ4n) is 1.72. The zero-order valence-corrected chi connectivity index (χ0v) is 9.26. The highest BCUT2D eigenvalue weighted by Crippen LogP contribution is 2.35. The molecule has 3 aromatic rings. The Balaban J connectivity index is 2.61. The van der Waals surface area contributed by atoms with Crippen LogP contribution in [0.3, 0.4) is 0 Å². The zero-order valence-electron chi connectivity index (χ0n) is 8.44. The number of aryl methyl sites for hydroxylation is 1. The van der Waals surface area contributed by atoms with E-state index in [0.717, 1.165) is 15.9 Å². The van der Waals surface area contributed by atoms with Crippen molar-refractivity contribution < 1.29 is 5.11 Å². The molecule has 0 aromatic carbocycles. The van der Waals surface area contributed by atoms with Crippen LogP contribution in [0.15, 0.2) is 23.0 Å². The van der Waals surface area contributed by atoms with Crippen LogP contribution in [0.1, 0.15) is 5.69 Å². The van der Waals surface area contributed by atoms with Gasteiger partial charge in [0.25, 0.3) is 5.56 Å². The maximum Gasteiger partial charge on any atom is 0.252 e. The molecule has 80 valence electrons. The first kappa shape index (κ1) is 9.35. The summed E-state index contributed by atoms with van der Waals surface area (Å²) in [6.07, 6.45) is 0. The largest absolute Gasteiger partial charge is 0.506 e. The van der Waals surface area contributed by atoms with Crippen LogP contribution in [0.25, 0.3) is 20.4 Å². The van der Waals surface area contributed by atoms with Gasteiger partial charge in [0.1, 0.15) is 10.6 Å². The number of aromatic nitrogens is 2. The number of aromatic hydroxyl groups is 1. The molecule has 2 N–H and O–H groups in total. The van der Waals surface area contributed by atoms with E-state index >= 15 is 0 Å². The molecular weight excluding hydrogens is 224 g/mol. The van der Waals surface area contributed by atoms with Crippen LogP contribution in [0.4, 0.5) is 0 Å². The van der Waals surface area contributed by atoms with E-state index in [1.165, 1.54) is 17.4 Å². The molecule has 0 fully saturated rings. The first-order valence-electron chi connectivity index (χ1n) is 4.77. The minimum absolute atomic E-state index is 0.0133. The summed E-state index contributed by atoms with van der Waals surface area (Å²) in [4.78, 5) is 19.2. The van der Waals surface area contributed by atoms with E-state index < -0.39 is 0 Å². The quantitative estimate of drug-likeness (QED) is 0.624. The Kier molecular flexibility index (Phi) is 1.79. The molecule has 0 bridgehead atoms. The zero-order chi connectivity index (χ0) is 11.3. The summed E-state index contributed by atoms with van der Waals surface area (Å²) in [5.41, 5.74) is 1.28. The standard InChI is InChI=1S/C11H8N2O2S/c1-5-2-3-6-9-10(16-11(6)12-5)7(14)4-8(15)13-9/h2-4H,1H3,(H2,13,14,15). The van der Waals surface area contributed by atoms with Crippen LogP contribution in [-0.2, 0) is 0 Å². The van der Waals surface area contributed by atoms with E-state index in [1.807, 2.05) is 19.1 Å². The highest BCUT2D eigenvalue weighted by atomic mass is 32.1. The molecule has 5 heteroatoms. The summed E-state index contributed by atoms with van der Waals surface area (Å²) in [7, 11) is 0. The molecule has 0 spiro atoms. The smallest absolute Gasteiger partial charge is 0.252 e. The number of thiophene rings is 1. The second-order valence-electron chi connectivity index (χ2n) is 3.63. The molecule has 0 radical (unpaired) electrons. The van der Waals surface area contributed by atoms with Crippen molar-refractivity contribution in [3.8, 4) is 5.75 Å². The molecule has 0 unspecified atom stereocenters. The van der Waals surface area contributed by atoms with Crippen LogP contribution in [-0.4, -0.2) is 15.1 Å². The lowest BCUT2D eigenvalue weighted by atomic mass is 10.2. The predicted octanol–water partition coefficient (Wildman–Crippen LogP) is 2.15. The summed E-state index contributed by atoms with van der Waals surface area (Å²) >= 11 is 1.38. The lowest BCUT2D eigenvalue weighted by Gasteiger charge is -1.93. The average molecular weight is 232 g/mol. The van der Waals surface area contributed by atoms with E-state index in [0.29, 0.717) is 10.2 Å². The molecule has 0 atom stereocenters. The molecule has 0 aliphatic carbocycles. The summed E-state index contributed by atoms with van der Waals surface area (Å²) in [5, 5.41) is 10.6. The second-order valence-corrected chi connectivity index (χ2v) is 4.63. The number of nitrogens with one attached hydrogen (secondary N) is 1. The van der Waals surface area contributed by atoms with Crippen molar-refractivity contribution in [3.63, 3.8) is 0 Å². The minimum atomic E-state index is -0.301. The number of pyridine rings is 2. The van der Waals surface area contributed by atoms with Gasteiger partial charge in [-0.15, -0.1) is 11.3 Å². The van der Waals surface area contributed by atoms with Gasteiger partial charge in [-0.3, -0.25) is 4.79 Å². The Morgan fingerprint density at radius 3 is 3.06 bits per heavy atom. The third-order valence-corrected chi connectivity index (χ3v) is 3.57. The van der Waals surface area contributed by atoms with Crippen LogP contribution in [0.5, 0.6) is 5.75 Å². The van der Waals surface area contributed by atoms with Gasteiger partial charge in [-0.2, -0.15) is 0 Å². The molecule has 0 aliphatic rings.